The van der Waals surface area contributed by atoms with Gasteiger partial charge in [0.15, 0.2) is 0 Å². The number of fused-ring (bicyclic) bond motifs is 2. The second-order valence-electron chi connectivity index (χ2n) is 5.36. The summed E-state index contributed by atoms with van der Waals surface area (Å²) in [4.78, 5) is 4.41. The number of nitrogens with two attached hydrogens (primary N) is 1. The molecule has 3 nitrogen and oxygen atoms in total. The first-order valence-corrected chi connectivity index (χ1v) is 6.76. The van der Waals surface area contributed by atoms with Crippen LogP contribution in [0.5, 0.6) is 0 Å². The van der Waals surface area contributed by atoms with Crippen LogP contribution in [0.4, 0.5) is 21.5 Å². The molecule has 0 radical (unpaired) electrons. The lowest BCUT2D eigenvalue weighted by molar-refractivity contribution is 0.628. The van der Waals surface area contributed by atoms with E-state index in [0.717, 1.165) is 11.3 Å². The maximum atomic E-state index is 13.4. The molecular formula is C16H15ClFN3. The zero-order valence-electron chi connectivity index (χ0n) is 11.3. The maximum Gasteiger partial charge on any atom is 0.133 e. The van der Waals surface area contributed by atoms with Gasteiger partial charge in [0.25, 0.3) is 0 Å². The second-order valence-corrected chi connectivity index (χ2v) is 5.36. The van der Waals surface area contributed by atoms with Crippen LogP contribution in [0.15, 0.2) is 41.4 Å². The molecule has 1 fully saturated rings. The number of hydrogen-bond donors (Lipinski definition) is 2. The summed E-state index contributed by atoms with van der Waals surface area (Å²) in [5.41, 5.74) is 10.5. The van der Waals surface area contributed by atoms with Crippen molar-refractivity contribution in [1.82, 2.24) is 0 Å². The summed E-state index contributed by atoms with van der Waals surface area (Å²) in [5, 5.41) is 3.23. The van der Waals surface area contributed by atoms with Crippen LogP contribution in [0.2, 0.25) is 0 Å². The van der Waals surface area contributed by atoms with Crippen molar-refractivity contribution in [2.75, 3.05) is 5.32 Å². The minimum Gasteiger partial charge on any atom is -0.383 e. The number of hydrogen-bond acceptors (Lipinski definition) is 3. The van der Waals surface area contributed by atoms with Crippen molar-refractivity contribution in [1.29, 1.82) is 0 Å². The Labute approximate surface area is 128 Å². The average Bonchev–Trinajstić information content (AvgIpc) is 3.26. The molecule has 0 bridgehead atoms. The fourth-order valence-electron chi connectivity index (χ4n) is 2.59. The predicted molar refractivity (Wildman–Crippen MR) is 85.7 cm³/mol. The number of halogens is 2. The van der Waals surface area contributed by atoms with Crippen molar-refractivity contribution in [3.05, 3.63) is 53.3 Å². The van der Waals surface area contributed by atoms with E-state index in [9.17, 15) is 4.39 Å². The van der Waals surface area contributed by atoms with Gasteiger partial charge in [0, 0.05) is 11.3 Å². The largest absolute Gasteiger partial charge is 0.383 e. The molecule has 0 saturated heterocycles. The zero-order chi connectivity index (χ0) is 13.7. The van der Waals surface area contributed by atoms with Crippen molar-refractivity contribution in [3.63, 3.8) is 0 Å². The fourth-order valence-corrected chi connectivity index (χ4v) is 2.59. The molecular weight excluding hydrogens is 289 g/mol. The second kappa shape index (κ2) is 5.04. The van der Waals surface area contributed by atoms with E-state index in [1.807, 2.05) is 6.07 Å². The topological polar surface area (TPSA) is 50.4 Å². The van der Waals surface area contributed by atoms with Gasteiger partial charge in [-0.25, -0.2) is 9.38 Å². The Hall–Kier alpha value is -2.07. The van der Waals surface area contributed by atoms with Crippen molar-refractivity contribution in [3.8, 4) is 0 Å². The standard InChI is InChI=1S/C16H14FN3.ClH/c17-11-4-6-14-15(8-11)19-13-5-3-10(9-1-2-9)7-12(13)16(18)20-14;/h3-9,19H,1-2H2,(H2,18,20);1H. The van der Waals surface area contributed by atoms with Gasteiger partial charge < -0.3 is 11.1 Å². The maximum absolute atomic E-state index is 13.4. The molecule has 1 heterocycles. The van der Waals surface area contributed by atoms with Crippen LogP contribution >= 0.6 is 12.4 Å². The lowest BCUT2D eigenvalue weighted by Gasteiger charge is -2.11. The van der Waals surface area contributed by atoms with Crippen molar-refractivity contribution < 1.29 is 4.39 Å². The van der Waals surface area contributed by atoms with Crippen LogP contribution in [0.1, 0.15) is 29.9 Å². The quantitative estimate of drug-likeness (QED) is 0.828. The fraction of sp³-hybridized carbons (Fsp3) is 0.188. The monoisotopic (exact) mass is 303 g/mol. The highest BCUT2D eigenvalue weighted by molar-refractivity contribution is 6.06. The third-order valence-electron chi connectivity index (χ3n) is 3.84. The highest BCUT2D eigenvalue weighted by Crippen LogP contribution is 2.42. The Morgan fingerprint density at radius 3 is 2.67 bits per heavy atom. The Morgan fingerprint density at radius 1 is 1.10 bits per heavy atom. The molecule has 3 N–H and O–H groups in total. The van der Waals surface area contributed by atoms with Gasteiger partial charge in [-0.05, 0) is 54.7 Å². The van der Waals surface area contributed by atoms with E-state index in [2.05, 4.69) is 22.4 Å². The van der Waals surface area contributed by atoms with Crippen molar-refractivity contribution in [2.45, 2.75) is 18.8 Å². The molecule has 2 aliphatic rings. The molecule has 0 aromatic heterocycles. The van der Waals surface area contributed by atoms with Gasteiger partial charge in [0.1, 0.15) is 11.7 Å². The van der Waals surface area contributed by atoms with Crippen LogP contribution in [0.25, 0.3) is 0 Å². The van der Waals surface area contributed by atoms with E-state index in [1.165, 1.54) is 30.5 Å². The van der Waals surface area contributed by atoms with Crippen LogP contribution in [-0.2, 0) is 0 Å². The van der Waals surface area contributed by atoms with E-state index in [4.69, 9.17) is 5.73 Å². The van der Waals surface area contributed by atoms with Gasteiger partial charge in [-0.15, -0.1) is 12.4 Å². The van der Waals surface area contributed by atoms with E-state index >= 15 is 0 Å². The Kier molecular flexibility index (Phi) is 3.33. The van der Waals surface area contributed by atoms with Gasteiger partial charge in [-0.3, -0.25) is 0 Å². The first-order chi connectivity index (χ1) is 9.70. The number of nitrogens with one attached hydrogen (secondary N) is 1. The first-order valence-electron chi connectivity index (χ1n) is 6.76. The molecule has 0 spiro atoms. The molecule has 1 aliphatic carbocycles. The number of amidine groups is 1. The van der Waals surface area contributed by atoms with Crippen LogP contribution in [-0.4, -0.2) is 5.84 Å². The zero-order valence-corrected chi connectivity index (χ0v) is 12.1. The normalized spacial score (nSPS) is 15.8. The van der Waals surface area contributed by atoms with Gasteiger partial charge >= 0.3 is 0 Å². The summed E-state index contributed by atoms with van der Waals surface area (Å²) in [6, 6.07) is 10.7. The van der Waals surface area contributed by atoms with E-state index in [1.54, 1.807) is 6.07 Å². The summed E-state index contributed by atoms with van der Waals surface area (Å²) in [5.74, 6) is 0.847. The number of benzene rings is 2. The predicted octanol–water partition coefficient (Wildman–Crippen LogP) is 4.22. The summed E-state index contributed by atoms with van der Waals surface area (Å²) < 4.78 is 13.4. The van der Waals surface area contributed by atoms with Crippen molar-refractivity contribution >= 4 is 35.3 Å². The number of nitrogens with zero attached hydrogens (tertiary/aromatic N) is 1. The van der Waals surface area contributed by atoms with Gasteiger partial charge in [0.05, 0.1) is 11.4 Å². The average molecular weight is 304 g/mol. The minimum atomic E-state index is -0.289. The lowest BCUT2D eigenvalue weighted by atomic mass is 10.0. The molecule has 0 amide bonds. The highest BCUT2D eigenvalue weighted by Gasteiger charge is 2.25. The highest BCUT2D eigenvalue weighted by atomic mass is 35.5. The van der Waals surface area contributed by atoms with E-state index < -0.39 is 0 Å². The Bertz CT molecular complexity index is 738. The van der Waals surface area contributed by atoms with Crippen molar-refractivity contribution in [2.24, 2.45) is 10.7 Å². The number of aliphatic imine (C=N–C) groups is 1. The summed E-state index contributed by atoms with van der Waals surface area (Å²) in [6.07, 6.45) is 2.49. The molecule has 21 heavy (non-hydrogen) atoms. The van der Waals surface area contributed by atoms with Gasteiger partial charge in [-0.2, -0.15) is 0 Å². The molecule has 0 unspecified atom stereocenters. The third-order valence-corrected chi connectivity index (χ3v) is 3.84. The molecule has 4 rings (SSSR count). The molecule has 2 aromatic rings. The molecule has 5 heteroatoms. The number of rotatable bonds is 1. The molecule has 2 aromatic carbocycles. The van der Waals surface area contributed by atoms with Gasteiger partial charge in [0.2, 0.25) is 0 Å². The van der Waals surface area contributed by atoms with Gasteiger partial charge in [-0.1, -0.05) is 6.07 Å². The van der Waals surface area contributed by atoms with Crippen LogP contribution < -0.4 is 11.1 Å². The smallest absolute Gasteiger partial charge is 0.133 e. The third kappa shape index (κ3) is 2.47. The first kappa shape index (κ1) is 13.9. The SMILES string of the molecule is Cl.NC1=Nc2ccc(F)cc2Nc2ccc(C3CC3)cc21. The van der Waals surface area contributed by atoms with Crippen LogP contribution in [0, 0.1) is 5.82 Å². The lowest BCUT2D eigenvalue weighted by Crippen LogP contribution is -2.13. The van der Waals surface area contributed by atoms with Crippen LogP contribution in [0.3, 0.4) is 0 Å². The summed E-state index contributed by atoms with van der Waals surface area (Å²) in [7, 11) is 0. The molecule has 0 atom stereocenters. The van der Waals surface area contributed by atoms with E-state index in [-0.39, 0.29) is 18.2 Å². The number of anilines is 2. The molecule has 1 aliphatic heterocycles. The summed E-state index contributed by atoms with van der Waals surface area (Å²) >= 11 is 0. The molecule has 108 valence electrons. The Balaban J connectivity index is 0.00000132. The Morgan fingerprint density at radius 2 is 1.90 bits per heavy atom. The van der Waals surface area contributed by atoms with E-state index in [0.29, 0.717) is 23.1 Å². The minimum absolute atomic E-state index is 0. The summed E-state index contributed by atoms with van der Waals surface area (Å²) in [6.45, 7) is 0. The molecule has 1 saturated carbocycles.